The van der Waals surface area contributed by atoms with Crippen molar-refractivity contribution in [3.63, 3.8) is 0 Å². The van der Waals surface area contributed by atoms with E-state index in [1.165, 1.54) is 17.8 Å². The Bertz CT molecular complexity index is 1250. The highest BCUT2D eigenvalue weighted by atomic mass is 32.2. The van der Waals surface area contributed by atoms with Crippen LogP contribution in [-0.2, 0) is 16.1 Å². The molecule has 0 unspecified atom stereocenters. The van der Waals surface area contributed by atoms with Gasteiger partial charge in [-0.25, -0.2) is 4.79 Å². The molecule has 0 spiro atoms. The number of carbonyl (C=O) groups is 2. The molecule has 0 radical (unpaired) electrons. The van der Waals surface area contributed by atoms with Gasteiger partial charge in [-0.3, -0.25) is 9.69 Å². The van der Waals surface area contributed by atoms with Crippen LogP contribution in [-0.4, -0.2) is 28.2 Å². The largest absolute Gasteiger partial charge is 0.497 e. The molecule has 0 aromatic heterocycles. The smallest absolute Gasteiger partial charge is 0.336 e. The number of thioether (sulfide) groups is 1. The van der Waals surface area contributed by atoms with Crippen LogP contribution in [0.3, 0.4) is 0 Å². The van der Waals surface area contributed by atoms with E-state index in [2.05, 4.69) is 0 Å². The highest BCUT2D eigenvalue weighted by Gasteiger charge is 2.31. The zero-order valence-electron chi connectivity index (χ0n) is 18.3. The Labute approximate surface area is 207 Å². The summed E-state index contributed by atoms with van der Waals surface area (Å²) in [4.78, 5) is 27.1. The Morgan fingerprint density at radius 2 is 1.59 bits per heavy atom. The van der Waals surface area contributed by atoms with Crippen LogP contribution < -0.4 is 9.47 Å². The van der Waals surface area contributed by atoms with Crippen LogP contribution in [0.25, 0.3) is 12.2 Å². The van der Waals surface area contributed by atoms with Crippen molar-refractivity contribution in [1.82, 2.24) is 4.90 Å². The predicted molar refractivity (Wildman–Crippen MR) is 139 cm³/mol. The van der Waals surface area contributed by atoms with Gasteiger partial charge in [0.25, 0.3) is 5.91 Å². The molecule has 170 valence electrons. The summed E-state index contributed by atoms with van der Waals surface area (Å²) >= 11 is 6.69. The molecule has 1 saturated heterocycles. The van der Waals surface area contributed by atoms with E-state index in [0.29, 0.717) is 21.5 Å². The first-order valence-electron chi connectivity index (χ1n) is 10.4. The SMILES string of the molecule is COc1ccc(C=CC(=O)Oc2ccc(C=C3SC(=S)N(Cc4ccccc4)C3=O)cc2)cc1. The maximum Gasteiger partial charge on any atom is 0.336 e. The first-order valence-corrected chi connectivity index (χ1v) is 11.7. The number of amides is 1. The van der Waals surface area contributed by atoms with Gasteiger partial charge in [0.15, 0.2) is 0 Å². The second-order valence-electron chi connectivity index (χ2n) is 7.35. The van der Waals surface area contributed by atoms with Crippen LogP contribution in [0, 0.1) is 0 Å². The van der Waals surface area contributed by atoms with Crippen molar-refractivity contribution in [2.24, 2.45) is 0 Å². The van der Waals surface area contributed by atoms with Gasteiger partial charge in [-0.05, 0) is 53.1 Å². The molecule has 1 fully saturated rings. The Morgan fingerprint density at radius 3 is 2.26 bits per heavy atom. The maximum atomic E-state index is 12.8. The molecular weight excluding hydrogens is 466 g/mol. The summed E-state index contributed by atoms with van der Waals surface area (Å²) < 4.78 is 11.0. The van der Waals surface area contributed by atoms with E-state index in [1.807, 2.05) is 54.6 Å². The fraction of sp³-hybridized carbons (Fsp3) is 0.0741. The molecule has 1 amide bonds. The van der Waals surface area contributed by atoms with Gasteiger partial charge >= 0.3 is 5.97 Å². The third kappa shape index (κ3) is 6.01. The van der Waals surface area contributed by atoms with E-state index in [4.69, 9.17) is 21.7 Å². The minimum atomic E-state index is -0.481. The molecule has 0 aliphatic carbocycles. The van der Waals surface area contributed by atoms with Gasteiger partial charge in [0, 0.05) is 6.08 Å². The quantitative estimate of drug-likeness (QED) is 0.184. The molecule has 3 aromatic carbocycles. The lowest BCUT2D eigenvalue weighted by atomic mass is 10.2. The summed E-state index contributed by atoms with van der Waals surface area (Å²) in [6.45, 7) is 0.446. The van der Waals surface area contributed by atoms with Crippen molar-refractivity contribution in [2.45, 2.75) is 6.54 Å². The van der Waals surface area contributed by atoms with Crippen LogP contribution in [0.5, 0.6) is 11.5 Å². The topological polar surface area (TPSA) is 55.8 Å². The Kier molecular flexibility index (Phi) is 7.57. The molecule has 1 heterocycles. The monoisotopic (exact) mass is 487 g/mol. The first-order chi connectivity index (χ1) is 16.5. The number of ether oxygens (including phenoxy) is 2. The number of hydrogen-bond donors (Lipinski definition) is 0. The van der Waals surface area contributed by atoms with Gasteiger partial charge in [0.05, 0.1) is 18.6 Å². The van der Waals surface area contributed by atoms with Gasteiger partial charge in [0.1, 0.15) is 15.8 Å². The second kappa shape index (κ2) is 11.0. The molecule has 5 nitrogen and oxygen atoms in total. The van der Waals surface area contributed by atoms with Gasteiger partial charge in [-0.15, -0.1) is 0 Å². The fourth-order valence-corrected chi connectivity index (χ4v) is 4.47. The van der Waals surface area contributed by atoms with Crippen LogP contribution in [0.1, 0.15) is 16.7 Å². The van der Waals surface area contributed by atoms with E-state index in [9.17, 15) is 9.59 Å². The standard InChI is InChI=1S/C27H21NO4S2/c1-31-22-12-7-19(8-13-22)11-16-25(29)32-23-14-9-20(10-15-23)17-24-26(30)28(27(33)34-24)18-21-5-3-2-4-6-21/h2-17H,18H2,1H3. The number of benzene rings is 3. The Morgan fingerprint density at radius 1 is 0.941 bits per heavy atom. The zero-order chi connectivity index (χ0) is 23.9. The molecule has 34 heavy (non-hydrogen) atoms. The van der Waals surface area contributed by atoms with E-state index in [1.54, 1.807) is 48.4 Å². The van der Waals surface area contributed by atoms with Crippen LogP contribution in [0.4, 0.5) is 0 Å². The van der Waals surface area contributed by atoms with E-state index >= 15 is 0 Å². The van der Waals surface area contributed by atoms with Gasteiger partial charge in [-0.2, -0.15) is 0 Å². The molecule has 3 aromatic rings. The molecule has 0 N–H and O–H groups in total. The van der Waals surface area contributed by atoms with Crippen molar-refractivity contribution in [2.75, 3.05) is 7.11 Å². The highest BCUT2D eigenvalue weighted by molar-refractivity contribution is 8.26. The molecule has 0 atom stereocenters. The Hall–Kier alpha value is -3.68. The van der Waals surface area contributed by atoms with E-state index in [0.717, 1.165) is 22.4 Å². The summed E-state index contributed by atoms with van der Waals surface area (Å²) in [5.74, 6) is 0.569. The third-order valence-corrected chi connectivity index (χ3v) is 6.36. The average molecular weight is 488 g/mol. The molecular formula is C27H21NO4S2. The number of thiocarbonyl (C=S) groups is 1. The van der Waals surface area contributed by atoms with Crippen LogP contribution >= 0.6 is 24.0 Å². The summed E-state index contributed by atoms with van der Waals surface area (Å²) in [6.07, 6.45) is 4.83. The normalized spacial score (nSPS) is 14.7. The molecule has 1 aliphatic rings. The highest BCUT2D eigenvalue weighted by Crippen LogP contribution is 2.33. The average Bonchev–Trinajstić information content (AvgIpc) is 3.12. The van der Waals surface area contributed by atoms with Crippen molar-refractivity contribution in [3.05, 3.63) is 107 Å². The van der Waals surface area contributed by atoms with E-state index < -0.39 is 5.97 Å². The van der Waals surface area contributed by atoms with Gasteiger partial charge < -0.3 is 9.47 Å². The number of methoxy groups -OCH3 is 1. The molecule has 7 heteroatoms. The predicted octanol–water partition coefficient (Wildman–Crippen LogP) is 5.72. The van der Waals surface area contributed by atoms with Crippen molar-refractivity contribution in [1.29, 1.82) is 0 Å². The number of nitrogens with zero attached hydrogens (tertiary/aromatic N) is 1. The summed E-state index contributed by atoms with van der Waals surface area (Å²) in [7, 11) is 1.60. The lowest BCUT2D eigenvalue weighted by molar-refractivity contribution is -0.129. The summed E-state index contributed by atoms with van der Waals surface area (Å²) in [5.41, 5.74) is 2.69. The van der Waals surface area contributed by atoms with Crippen LogP contribution in [0.2, 0.25) is 0 Å². The number of rotatable bonds is 7. The van der Waals surface area contributed by atoms with Gasteiger partial charge in [-0.1, -0.05) is 78.6 Å². The molecule has 0 bridgehead atoms. The summed E-state index contributed by atoms with van der Waals surface area (Å²) in [5, 5.41) is 0. The molecule has 1 aliphatic heterocycles. The van der Waals surface area contributed by atoms with Crippen molar-refractivity contribution in [3.8, 4) is 11.5 Å². The third-order valence-electron chi connectivity index (χ3n) is 4.98. The fourth-order valence-electron chi connectivity index (χ4n) is 3.22. The van der Waals surface area contributed by atoms with Crippen molar-refractivity contribution < 1.29 is 19.1 Å². The number of esters is 1. The summed E-state index contributed by atoms with van der Waals surface area (Å²) in [6, 6.07) is 24.0. The lowest BCUT2D eigenvalue weighted by Gasteiger charge is -2.14. The Balaban J connectivity index is 1.36. The minimum Gasteiger partial charge on any atom is -0.497 e. The molecule has 0 saturated carbocycles. The lowest BCUT2D eigenvalue weighted by Crippen LogP contribution is -2.27. The maximum absolute atomic E-state index is 12.8. The molecule has 4 rings (SSSR count). The van der Waals surface area contributed by atoms with E-state index in [-0.39, 0.29) is 5.91 Å². The first kappa shape index (κ1) is 23.5. The number of carbonyl (C=O) groups excluding carboxylic acids is 2. The van der Waals surface area contributed by atoms with Gasteiger partial charge in [0.2, 0.25) is 0 Å². The number of hydrogen-bond acceptors (Lipinski definition) is 6. The van der Waals surface area contributed by atoms with Crippen molar-refractivity contribution >= 4 is 52.3 Å². The second-order valence-corrected chi connectivity index (χ2v) is 9.03. The zero-order valence-corrected chi connectivity index (χ0v) is 20.0. The van der Waals surface area contributed by atoms with Crippen LogP contribution in [0.15, 0.2) is 89.8 Å². The minimum absolute atomic E-state index is 0.113.